The van der Waals surface area contributed by atoms with Crippen molar-refractivity contribution in [3.63, 3.8) is 0 Å². The first-order chi connectivity index (χ1) is 9.74. The summed E-state index contributed by atoms with van der Waals surface area (Å²) in [5, 5.41) is 1.99. The summed E-state index contributed by atoms with van der Waals surface area (Å²) in [7, 11) is 1.41. The average molecular weight is 293 g/mol. The van der Waals surface area contributed by atoms with E-state index in [0.717, 1.165) is 30.7 Å². The van der Waals surface area contributed by atoms with Crippen LogP contribution in [-0.2, 0) is 14.3 Å². The molecule has 4 nitrogen and oxygen atoms in total. The number of hydrogen-bond donors (Lipinski definition) is 0. The van der Waals surface area contributed by atoms with Crippen molar-refractivity contribution in [3.05, 3.63) is 34.0 Å². The Morgan fingerprint density at radius 3 is 3.10 bits per heavy atom. The summed E-state index contributed by atoms with van der Waals surface area (Å²) in [6.45, 7) is 1.63. The van der Waals surface area contributed by atoms with E-state index >= 15 is 0 Å². The molecular weight excluding hydrogens is 274 g/mol. The first-order valence-electron chi connectivity index (χ1n) is 6.72. The summed E-state index contributed by atoms with van der Waals surface area (Å²) in [5.74, 6) is -0.187. The molecule has 1 aromatic rings. The third-order valence-electron chi connectivity index (χ3n) is 3.49. The maximum Gasteiger partial charge on any atom is 0.305 e. The van der Waals surface area contributed by atoms with Gasteiger partial charge in [0.15, 0.2) is 0 Å². The molecule has 2 heterocycles. The Morgan fingerprint density at radius 2 is 2.45 bits per heavy atom. The van der Waals surface area contributed by atoms with Crippen LogP contribution in [0.2, 0.25) is 0 Å². The van der Waals surface area contributed by atoms with Crippen LogP contribution in [0.4, 0.5) is 0 Å². The number of hydrogen-bond acceptors (Lipinski definition) is 5. The smallest absolute Gasteiger partial charge is 0.305 e. The zero-order valence-electron chi connectivity index (χ0n) is 11.6. The van der Waals surface area contributed by atoms with Gasteiger partial charge in [-0.2, -0.15) is 0 Å². The minimum absolute atomic E-state index is 0.170. The van der Waals surface area contributed by atoms with Crippen LogP contribution < -0.4 is 0 Å². The lowest BCUT2D eigenvalue weighted by atomic mass is 10.0. The quantitative estimate of drug-likeness (QED) is 0.459. The lowest BCUT2D eigenvalue weighted by Gasteiger charge is -2.31. The van der Waals surface area contributed by atoms with E-state index in [1.807, 2.05) is 17.5 Å². The van der Waals surface area contributed by atoms with Gasteiger partial charge in [-0.05, 0) is 24.3 Å². The fourth-order valence-electron chi connectivity index (χ4n) is 2.41. The highest BCUT2D eigenvalue weighted by atomic mass is 32.1. The van der Waals surface area contributed by atoms with Crippen LogP contribution >= 0.6 is 11.3 Å². The molecule has 0 aromatic carbocycles. The lowest BCUT2D eigenvalue weighted by Crippen LogP contribution is -2.34. The number of methoxy groups -OCH3 is 1. The number of aldehydes is 1. The largest absolute Gasteiger partial charge is 0.469 e. The molecule has 2 rings (SSSR count). The summed E-state index contributed by atoms with van der Waals surface area (Å²) in [5.41, 5.74) is 1.21. The normalized spacial score (nSPS) is 17.4. The van der Waals surface area contributed by atoms with Gasteiger partial charge in [0.25, 0.3) is 0 Å². The van der Waals surface area contributed by atoms with E-state index < -0.39 is 0 Å². The second-order valence-corrected chi connectivity index (χ2v) is 5.77. The number of esters is 1. The first-order valence-corrected chi connectivity index (χ1v) is 7.60. The molecule has 0 radical (unpaired) electrons. The fraction of sp³-hybridized carbons (Fsp3) is 0.467. The second-order valence-electron chi connectivity index (χ2n) is 4.79. The molecule has 0 amide bonds. The third-order valence-corrected chi connectivity index (χ3v) is 4.43. The number of thiophene rings is 1. The predicted molar refractivity (Wildman–Crippen MR) is 78.6 cm³/mol. The monoisotopic (exact) mass is 293 g/mol. The van der Waals surface area contributed by atoms with Gasteiger partial charge in [-0.15, -0.1) is 11.3 Å². The zero-order valence-corrected chi connectivity index (χ0v) is 12.4. The molecule has 1 aromatic heterocycles. The first kappa shape index (κ1) is 14.9. The molecule has 1 aliphatic heterocycles. The van der Waals surface area contributed by atoms with Crippen molar-refractivity contribution in [2.24, 2.45) is 0 Å². The minimum atomic E-state index is -0.187. The van der Waals surface area contributed by atoms with Crippen molar-refractivity contribution in [1.82, 2.24) is 4.90 Å². The van der Waals surface area contributed by atoms with E-state index in [2.05, 4.69) is 15.7 Å². The van der Waals surface area contributed by atoms with Crippen LogP contribution in [-0.4, -0.2) is 37.4 Å². The standard InChI is InChI=1S/C15H19NO3S/c1-19-15(18)7-6-12-4-2-8-16(10-12)13(11-17)14-5-3-9-20-14/h3-5,9,11,13H,2,6-8,10H2,1H3. The van der Waals surface area contributed by atoms with Gasteiger partial charge in [0.05, 0.1) is 7.11 Å². The maximum atomic E-state index is 11.4. The Labute approximate surface area is 123 Å². The molecule has 20 heavy (non-hydrogen) atoms. The van der Waals surface area contributed by atoms with Crippen LogP contribution in [0.3, 0.4) is 0 Å². The van der Waals surface area contributed by atoms with Crippen LogP contribution in [0, 0.1) is 0 Å². The Kier molecular flexibility index (Phi) is 5.49. The maximum absolute atomic E-state index is 11.4. The Balaban J connectivity index is 1.96. The lowest BCUT2D eigenvalue weighted by molar-refractivity contribution is -0.140. The van der Waals surface area contributed by atoms with E-state index in [0.29, 0.717) is 12.8 Å². The summed E-state index contributed by atoms with van der Waals surface area (Å²) in [6, 6.07) is 3.79. The summed E-state index contributed by atoms with van der Waals surface area (Å²) in [4.78, 5) is 25.8. The fourth-order valence-corrected chi connectivity index (χ4v) is 3.23. The van der Waals surface area contributed by atoms with Gasteiger partial charge >= 0.3 is 5.97 Å². The van der Waals surface area contributed by atoms with Crippen LogP contribution in [0.15, 0.2) is 29.2 Å². The van der Waals surface area contributed by atoms with Gasteiger partial charge in [0.1, 0.15) is 12.3 Å². The van der Waals surface area contributed by atoms with Gasteiger partial charge in [-0.25, -0.2) is 0 Å². The van der Waals surface area contributed by atoms with E-state index in [4.69, 9.17) is 0 Å². The second kappa shape index (κ2) is 7.36. The number of carbonyl (C=O) groups excluding carboxylic acids is 2. The average Bonchev–Trinajstić information content (AvgIpc) is 3.00. The van der Waals surface area contributed by atoms with Crippen LogP contribution in [0.5, 0.6) is 0 Å². The van der Waals surface area contributed by atoms with Gasteiger partial charge < -0.3 is 9.53 Å². The number of rotatable bonds is 6. The topological polar surface area (TPSA) is 46.6 Å². The molecule has 0 N–H and O–H groups in total. The Hall–Kier alpha value is -1.46. The Bertz CT molecular complexity index is 481. The van der Waals surface area contributed by atoms with Crippen molar-refractivity contribution >= 4 is 23.6 Å². The van der Waals surface area contributed by atoms with Crippen LogP contribution in [0.25, 0.3) is 0 Å². The van der Waals surface area contributed by atoms with Gasteiger partial charge in [0, 0.05) is 24.4 Å². The van der Waals surface area contributed by atoms with E-state index in [1.54, 1.807) is 11.3 Å². The van der Waals surface area contributed by atoms with E-state index in [1.165, 1.54) is 12.7 Å². The van der Waals surface area contributed by atoms with Crippen molar-refractivity contribution in [2.45, 2.75) is 25.3 Å². The van der Waals surface area contributed by atoms with Gasteiger partial charge in [-0.1, -0.05) is 17.7 Å². The van der Waals surface area contributed by atoms with Crippen molar-refractivity contribution in [2.75, 3.05) is 20.2 Å². The number of nitrogens with zero attached hydrogens (tertiary/aromatic N) is 1. The molecule has 5 heteroatoms. The molecule has 0 saturated heterocycles. The van der Waals surface area contributed by atoms with E-state index in [9.17, 15) is 9.59 Å². The molecule has 0 fully saturated rings. The summed E-state index contributed by atoms with van der Waals surface area (Å²) >= 11 is 1.61. The van der Waals surface area contributed by atoms with Gasteiger partial charge in [-0.3, -0.25) is 9.69 Å². The number of carbonyl (C=O) groups is 2. The number of ether oxygens (including phenoxy) is 1. The molecule has 1 unspecified atom stereocenters. The van der Waals surface area contributed by atoms with Crippen LogP contribution in [0.1, 0.15) is 30.2 Å². The zero-order chi connectivity index (χ0) is 14.4. The molecular formula is C15H19NO3S. The predicted octanol–water partition coefficient (Wildman–Crippen LogP) is 2.57. The van der Waals surface area contributed by atoms with E-state index in [-0.39, 0.29) is 12.0 Å². The van der Waals surface area contributed by atoms with Gasteiger partial charge in [0.2, 0.25) is 0 Å². The molecule has 0 saturated carbocycles. The Morgan fingerprint density at radius 1 is 1.60 bits per heavy atom. The molecule has 0 spiro atoms. The summed E-state index contributed by atoms with van der Waals surface area (Å²) < 4.78 is 4.66. The SMILES string of the molecule is COC(=O)CCC1=CCCN(C(C=O)c2cccs2)C1. The molecule has 1 atom stereocenters. The highest BCUT2D eigenvalue weighted by Crippen LogP contribution is 2.27. The molecule has 0 bridgehead atoms. The molecule has 108 valence electrons. The molecule has 1 aliphatic rings. The molecule has 0 aliphatic carbocycles. The van der Waals surface area contributed by atoms with Crippen molar-refractivity contribution in [1.29, 1.82) is 0 Å². The minimum Gasteiger partial charge on any atom is -0.469 e. The highest BCUT2D eigenvalue weighted by molar-refractivity contribution is 7.10. The summed E-state index contributed by atoms with van der Waals surface area (Å²) in [6.07, 6.45) is 5.22. The van der Waals surface area contributed by atoms with Crippen molar-refractivity contribution < 1.29 is 14.3 Å². The third kappa shape index (κ3) is 3.77. The highest BCUT2D eigenvalue weighted by Gasteiger charge is 2.23. The van der Waals surface area contributed by atoms with Crippen molar-refractivity contribution in [3.8, 4) is 0 Å².